The van der Waals surface area contributed by atoms with Crippen molar-refractivity contribution in [2.75, 3.05) is 0 Å². The van der Waals surface area contributed by atoms with Gasteiger partial charge in [0.15, 0.2) is 0 Å². The van der Waals surface area contributed by atoms with Crippen molar-refractivity contribution in [2.24, 2.45) is 0 Å². The Balaban J connectivity index is 1.91. The molecule has 1 N–H and O–H groups in total. The van der Waals surface area contributed by atoms with Gasteiger partial charge in [-0.05, 0) is 47.4 Å². The predicted octanol–water partition coefficient (Wildman–Crippen LogP) is 4.41. The molecule has 0 aliphatic heterocycles. The first-order valence-corrected chi connectivity index (χ1v) is 10.3. The average molecular weight is 420 g/mol. The number of carbonyl (C=O) groups is 2. The number of pyridine rings is 1. The normalized spacial score (nSPS) is 11.5. The number of nitrogens with one attached hydrogen (secondary N) is 1. The second-order valence-corrected chi connectivity index (χ2v) is 7.28. The van der Waals surface area contributed by atoms with Gasteiger partial charge in [-0.2, -0.15) is 0 Å². The van der Waals surface area contributed by atoms with Crippen molar-refractivity contribution in [3.05, 3.63) is 102 Å². The van der Waals surface area contributed by atoms with Crippen LogP contribution >= 0.6 is 0 Å². The number of hydrogen-bond acceptors (Lipinski definition) is 3. The minimum Gasteiger partial charge on any atom is -0.350 e. The molecule has 31 heavy (non-hydrogen) atoms. The van der Waals surface area contributed by atoms with Crippen LogP contribution in [0.25, 0.3) is 0 Å². The molecule has 0 radical (unpaired) electrons. The molecule has 1 unspecified atom stereocenters. The zero-order valence-corrected chi connectivity index (χ0v) is 17.5. The van der Waals surface area contributed by atoms with E-state index in [0.717, 1.165) is 16.7 Å². The summed E-state index contributed by atoms with van der Waals surface area (Å²) >= 11 is 0. The van der Waals surface area contributed by atoms with Gasteiger partial charge in [-0.1, -0.05) is 49.4 Å². The SMILES string of the molecule is CCCC(=O)N(Cc1ccc(F)cc1)C(C(=O)NCc1ccncc1)c1ccccc1. The number of rotatable bonds is 9. The van der Waals surface area contributed by atoms with Crippen LogP contribution in [0.4, 0.5) is 4.39 Å². The van der Waals surface area contributed by atoms with Crippen LogP contribution in [0.3, 0.4) is 0 Å². The lowest BCUT2D eigenvalue weighted by Crippen LogP contribution is -2.43. The maximum absolute atomic E-state index is 13.4. The van der Waals surface area contributed by atoms with E-state index in [4.69, 9.17) is 0 Å². The lowest BCUT2D eigenvalue weighted by molar-refractivity contribution is -0.141. The number of amides is 2. The Hall–Kier alpha value is -3.54. The van der Waals surface area contributed by atoms with Crippen molar-refractivity contribution in [1.29, 1.82) is 0 Å². The van der Waals surface area contributed by atoms with E-state index in [2.05, 4.69) is 10.3 Å². The van der Waals surface area contributed by atoms with Gasteiger partial charge >= 0.3 is 0 Å². The van der Waals surface area contributed by atoms with E-state index in [1.165, 1.54) is 12.1 Å². The molecular formula is C25H26FN3O2. The minimum absolute atomic E-state index is 0.125. The highest BCUT2D eigenvalue weighted by Gasteiger charge is 2.31. The Kier molecular flexibility index (Phi) is 7.87. The van der Waals surface area contributed by atoms with Crippen molar-refractivity contribution in [1.82, 2.24) is 15.2 Å². The summed E-state index contributed by atoms with van der Waals surface area (Å²) < 4.78 is 13.4. The average Bonchev–Trinajstić information content (AvgIpc) is 2.80. The standard InChI is InChI=1S/C25H26FN3O2/c1-2-6-23(30)29(18-20-9-11-22(26)12-10-20)24(21-7-4-3-5-8-21)25(31)28-17-19-13-15-27-16-14-19/h3-5,7-16,24H,2,6,17-18H2,1H3,(H,28,31). The summed E-state index contributed by atoms with van der Waals surface area (Å²) in [6.07, 6.45) is 4.32. The van der Waals surface area contributed by atoms with Crippen LogP contribution in [0.15, 0.2) is 79.1 Å². The molecule has 0 saturated heterocycles. The topological polar surface area (TPSA) is 62.3 Å². The molecular weight excluding hydrogens is 393 g/mol. The van der Waals surface area contributed by atoms with Gasteiger partial charge in [-0.3, -0.25) is 14.6 Å². The maximum Gasteiger partial charge on any atom is 0.247 e. The monoisotopic (exact) mass is 419 g/mol. The summed E-state index contributed by atoms with van der Waals surface area (Å²) in [4.78, 5) is 32.0. The first kappa shape index (κ1) is 22.2. The Bertz CT molecular complexity index is 979. The van der Waals surface area contributed by atoms with Crippen molar-refractivity contribution in [2.45, 2.75) is 38.9 Å². The molecule has 0 bridgehead atoms. The largest absolute Gasteiger partial charge is 0.350 e. The van der Waals surface area contributed by atoms with Crippen LogP contribution in [0.2, 0.25) is 0 Å². The molecule has 6 heteroatoms. The fourth-order valence-electron chi connectivity index (χ4n) is 3.36. The Morgan fingerprint density at radius 1 is 0.968 bits per heavy atom. The van der Waals surface area contributed by atoms with Gasteiger partial charge in [0, 0.05) is 31.9 Å². The molecule has 1 heterocycles. The van der Waals surface area contributed by atoms with Gasteiger partial charge in [0.2, 0.25) is 11.8 Å². The first-order valence-electron chi connectivity index (χ1n) is 10.3. The molecule has 2 amide bonds. The van der Waals surface area contributed by atoms with E-state index in [1.807, 2.05) is 49.4 Å². The third-order valence-corrected chi connectivity index (χ3v) is 4.94. The van der Waals surface area contributed by atoms with Crippen molar-refractivity contribution < 1.29 is 14.0 Å². The predicted molar refractivity (Wildman–Crippen MR) is 117 cm³/mol. The molecule has 1 atom stereocenters. The quantitative estimate of drug-likeness (QED) is 0.559. The Morgan fingerprint density at radius 2 is 1.65 bits per heavy atom. The van der Waals surface area contributed by atoms with Gasteiger partial charge < -0.3 is 10.2 Å². The maximum atomic E-state index is 13.4. The van der Waals surface area contributed by atoms with E-state index in [-0.39, 0.29) is 24.2 Å². The summed E-state index contributed by atoms with van der Waals surface area (Å²) in [5.41, 5.74) is 2.40. The molecule has 2 aromatic carbocycles. The highest BCUT2D eigenvalue weighted by Crippen LogP contribution is 2.25. The van der Waals surface area contributed by atoms with Crippen LogP contribution in [-0.4, -0.2) is 21.7 Å². The summed E-state index contributed by atoms with van der Waals surface area (Å²) in [6.45, 7) is 2.47. The fourth-order valence-corrected chi connectivity index (χ4v) is 3.36. The van der Waals surface area contributed by atoms with Crippen LogP contribution in [-0.2, 0) is 22.7 Å². The lowest BCUT2D eigenvalue weighted by atomic mass is 10.0. The van der Waals surface area contributed by atoms with Crippen molar-refractivity contribution >= 4 is 11.8 Å². The van der Waals surface area contributed by atoms with E-state index in [0.29, 0.717) is 19.4 Å². The smallest absolute Gasteiger partial charge is 0.247 e. The summed E-state index contributed by atoms with van der Waals surface area (Å²) in [6, 6.07) is 18.1. The molecule has 0 saturated carbocycles. The zero-order chi connectivity index (χ0) is 22.1. The molecule has 5 nitrogen and oxygen atoms in total. The van der Waals surface area contributed by atoms with Gasteiger partial charge in [0.05, 0.1) is 0 Å². The van der Waals surface area contributed by atoms with Crippen molar-refractivity contribution in [3.63, 3.8) is 0 Å². The van der Waals surface area contributed by atoms with E-state index < -0.39 is 6.04 Å². The molecule has 0 aliphatic rings. The lowest BCUT2D eigenvalue weighted by Gasteiger charge is -2.31. The van der Waals surface area contributed by atoms with E-state index >= 15 is 0 Å². The number of hydrogen-bond donors (Lipinski definition) is 1. The fraction of sp³-hybridized carbons (Fsp3) is 0.240. The molecule has 160 valence electrons. The highest BCUT2D eigenvalue weighted by atomic mass is 19.1. The molecule has 0 aliphatic carbocycles. The molecule has 0 spiro atoms. The summed E-state index contributed by atoms with van der Waals surface area (Å²) in [5.74, 6) is -0.737. The zero-order valence-electron chi connectivity index (χ0n) is 17.5. The number of carbonyl (C=O) groups excluding carboxylic acids is 2. The van der Waals surface area contributed by atoms with Gasteiger partial charge in [0.1, 0.15) is 11.9 Å². The number of benzene rings is 2. The molecule has 3 aromatic rings. The van der Waals surface area contributed by atoms with Crippen LogP contribution in [0.5, 0.6) is 0 Å². The van der Waals surface area contributed by atoms with Gasteiger partial charge in [0.25, 0.3) is 0 Å². The highest BCUT2D eigenvalue weighted by molar-refractivity contribution is 5.88. The van der Waals surface area contributed by atoms with Gasteiger partial charge in [-0.25, -0.2) is 4.39 Å². The Labute approximate surface area is 181 Å². The van der Waals surface area contributed by atoms with Crippen LogP contribution in [0.1, 0.15) is 42.5 Å². The second kappa shape index (κ2) is 11.0. The van der Waals surface area contributed by atoms with Gasteiger partial charge in [-0.15, -0.1) is 0 Å². The first-order chi connectivity index (χ1) is 15.1. The molecule has 0 fully saturated rings. The molecule has 1 aromatic heterocycles. The van der Waals surface area contributed by atoms with Crippen molar-refractivity contribution in [3.8, 4) is 0 Å². The number of halogens is 1. The van der Waals surface area contributed by atoms with E-state index in [1.54, 1.807) is 29.4 Å². The third-order valence-electron chi connectivity index (χ3n) is 4.94. The summed E-state index contributed by atoms with van der Waals surface area (Å²) in [7, 11) is 0. The Morgan fingerprint density at radius 3 is 2.29 bits per heavy atom. The number of nitrogens with zero attached hydrogens (tertiary/aromatic N) is 2. The van der Waals surface area contributed by atoms with Crippen LogP contribution < -0.4 is 5.32 Å². The number of aromatic nitrogens is 1. The summed E-state index contributed by atoms with van der Waals surface area (Å²) in [5, 5.41) is 2.95. The molecule has 3 rings (SSSR count). The van der Waals surface area contributed by atoms with E-state index in [9.17, 15) is 14.0 Å². The minimum atomic E-state index is -0.799. The third kappa shape index (κ3) is 6.22. The second-order valence-electron chi connectivity index (χ2n) is 7.28. The van der Waals surface area contributed by atoms with Crippen LogP contribution in [0, 0.1) is 5.82 Å².